The average Bonchev–Trinajstić information content (AvgIpc) is 2.68. The zero-order chi connectivity index (χ0) is 14.2. The number of benzene rings is 1. The average molecular weight is 282 g/mol. The number of hydrogen-bond donors (Lipinski definition) is 2. The number of nitrogens with zero attached hydrogens (tertiary/aromatic N) is 1. The first kappa shape index (κ1) is 14.3. The lowest BCUT2D eigenvalue weighted by molar-refractivity contribution is -0.0626. The molecule has 3 N–H and O–H groups in total. The van der Waals surface area contributed by atoms with Crippen LogP contribution >= 0.6 is 11.6 Å². The number of nitrogens with two attached hydrogens (primary N) is 1. The van der Waals surface area contributed by atoms with Crippen LogP contribution in [0.2, 0.25) is 5.02 Å². The van der Waals surface area contributed by atoms with Crippen LogP contribution in [-0.2, 0) is 4.74 Å². The van der Waals surface area contributed by atoms with E-state index >= 15 is 0 Å². The van der Waals surface area contributed by atoms with Crippen LogP contribution in [0.15, 0.2) is 18.2 Å². The molecule has 19 heavy (non-hydrogen) atoms. The number of H-pyrrole nitrogens is 1. The van der Waals surface area contributed by atoms with E-state index in [9.17, 15) is 0 Å². The molecule has 2 atom stereocenters. The fourth-order valence-electron chi connectivity index (χ4n) is 2.01. The van der Waals surface area contributed by atoms with Gasteiger partial charge in [0, 0.05) is 5.02 Å². The van der Waals surface area contributed by atoms with Gasteiger partial charge in [-0.1, -0.05) is 11.6 Å². The SMILES string of the molecule is C[C@H](OC(C)(C)C)[C@H](N)c1nc2ccc(Cl)cc2[nH]1. The van der Waals surface area contributed by atoms with Crippen molar-refractivity contribution >= 4 is 22.6 Å². The molecule has 0 spiro atoms. The molecule has 1 aromatic heterocycles. The summed E-state index contributed by atoms with van der Waals surface area (Å²) in [4.78, 5) is 7.69. The summed E-state index contributed by atoms with van der Waals surface area (Å²) in [7, 11) is 0. The molecule has 0 fully saturated rings. The number of rotatable bonds is 3. The van der Waals surface area contributed by atoms with Crippen molar-refractivity contribution in [2.75, 3.05) is 0 Å². The zero-order valence-corrected chi connectivity index (χ0v) is 12.5. The van der Waals surface area contributed by atoms with Gasteiger partial charge in [0.05, 0.1) is 28.8 Å². The summed E-state index contributed by atoms with van der Waals surface area (Å²) >= 11 is 5.95. The quantitative estimate of drug-likeness (QED) is 0.906. The fraction of sp³-hybridized carbons (Fsp3) is 0.500. The summed E-state index contributed by atoms with van der Waals surface area (Å²) in [5.41, 5.74) is 7.71. The molecule has 0 saturated carbocycles. The van der Waals surface area contributed by atoms with Crippen LogP contribution in [0.4, 0.5) is 0 Å². The van der Waals surface area contributed by atoms with Crippen LogP contribution in [-0.4, -0.2) is 21.7 Å². The maximum absolute atomic E-state index is 6.20. The van der Waals surface area contributed by atoms with Gasteiger partial charge in [0.1, 0.15) is 5.82 Å². The lowest BCUT2D eigenvalue weighted by atomic mass is 10.1. The molecule has 5 heteroatoms. The number of fused-ring (bicyclic) bond motifs is 1. The Kier molecular flexibility index (Phi) is 3.85. The van der Waals surface area contributed by atoms with E-state index < -0.39 is 0 Å². The Morgan fingerprint density at radius 1 is 1.37 bits per heavy atom. The lowest BCUT2D eigenvalue weighted by Crippen LogP contribution is -2.34. The number of imidazole rings is 1. The highest BCUT2D eigenvalue weighted by Crippen LogP contribution is 2.23. The molecule has 104 valence electrons. The van der Waals surface area contributed by atoms with Crippen LogP contribution in [0.1, 0.15) is 39.6 Å². The van der Waals surface area contributed by atoms with E-state index in [0.717, 1.165) is 11.0 Å². The largest absolute Gasteiger partial charge is 0.371 e. The third-order valence-electron chi connectivity index (χ3n) is 2.82. The van der Waals surface area contributed by atoms with Gasteiger partial charge in [0.25, 0.3) is 0 Å². The van der Waals surface area contributed by atoms with Crippen LogP contribution in [0.25, 0.3) is 11.0 Å². The van der Waals surface area contributed by atoms with Gasteiger partial charge < -0.3 is 15.5 Å². The predicted octanol–water partition coefficient (Wildman–Crippen LogP) is 3.42. The van der Waals surface area contributed by atoms with Crippen molar-refractivity contribution in [1.82, 2.24) is 9.97 Å². The van der Waals surface area contributed by atoms with E-state index in [-0.39, 0.29) is 17.7 Å². The molecule has 1 heterocycles. The minimum Gasteiger partial charge on any atom is -0.371 e. The van der Waals surface area contributed by atoms with Gasteiger partial charge in [-0.25, -0.2) is 4.98 Å². The lowest BCUT2D eigenvalue weighted by Gasteiger charge is -2.28. The van der Waals surface area contributed by atoms with Gasteiger partial charge in [0.2, 0.25) is 0 Å². The first-order valence-electron chi connectivity index (χ1n) is 6.35. The Labute approximate surface area is 118 Å². The minimum absolute atomic E-state index is 0.129. The van der Waals surface area contributed by atoms with Gasteiger partial charge in [-0.15, -0.1) is 0 Å². The maximum atomic E-state index is 6.20. The molecule has 2 rings (SSSR count). The van der Waals surface area contributed by atoms with Crippen LogP contribution in [0.3, 0.4) is 0 Å². The molecule has 0 saturated heterocycles. The number of aromatic nitrogens is 2. The van der Waals surface area contributed by atoms with Gasteiger partial charge in [-0.2, -0.15) is 0 Å². The molecule has 0 bridgehead atoms. The minimum atomic E-state index is -0.301. The topological polar surface area (TPSA) is 63.9 Å². The van der Waals surface area contributed by atoms with E-state index in [2.05, 4.69) is 9.97 Å². The van der Waals surface area contributed by atoms with Crippen molar-refractivity contribution in [3.8, 4) is 0 Å². The molecule has 2 aromatic rings. The van der Waals surface area contributed by atoms with E-state index in [1.807, 2.05) is 45.9 Å². The molecule has 0 unspecified atom stereocenters. The van der Waals surface area contributed by atoms with E-state index in [1.165, 1.54) is 0 Å². The Morgan fingerprint density at radius 2 is 2.05 bits per heavy atom. The number of aromatic amines is 1. The van der Waals surface area contributed by atoms with E-state index in [0.29, 0.717) is 10.8 Å². The van der Waals surface area contributed by atoms with Crippen molar-refractivity contribution < 1.29 is 4.74 Å². The molecule has 0 amide bonds. The highest BCUT2D eigenvalue weighted by Gasteiger charge is 2.24. The highest BCUT2D eigenvalue weighted by molar-refractivity contribution is 6.31. The summed E-state index contributed by atoms with van der Waals surface area (Å²) in [6, 6.07) is 5.23. The molecular formula is C14H20ClN3O. The van der Waals surface area contributed by atoms with E-state index in [4.69, 9.17) is 22.1 Å². The fourth-order valence-corrected chi connectivity index (χ4v) is 2.18. The van der Waals surface area contributed by atoms with Crippen molar-refractivity contribution in [3.63, 3.8) is 0 Å². The molecular weight excluding hydrogens is 262 g/mol. The van der Waals surface area contributed by atoms with Crippen LogP contribution in [0.5, 0.6) is 0 Å². The molecule has 1 aromatic carbocycles. The normalized spacial score (nSPS) is 15.7. The maximum Gasteiger partial charge on any atom is 0.126 e. The highest BCUT2D eigenvalue weighted by atomic mass is 35.5. The predicted molar refractivity (Wildman–Crippen MR) is 78.3 cm³/mol. The third-order valence-corrected chi connectivity index (χ3v) is 3.06. The van der Waals surface area contributed by atoms with Crippen molar-refractivity contribution in [2.45, 2.75) is 45.4 Å². The first-order chi connectivity index (χ1) is 8.76. The second kappa shape index (κ2) is 5.12. The van der Waals surface area contributed by atoms with E-state index in [1.54, 1.807) is 0 Å². The Hall–Kier alpha value is -1.10. The molecule has 0 aliphatic carbocycles. The van der Waals surface area contributed by atoms with Crippen LogP contribution in [0, 0.1) is 0 Å². The number of hydrogen-bond acceptors (Lipinski definition) is 3. The second-order valence-corrected chi connectivity index (χ2v) is 6.18. The number of nitrogens with one attached hydrogen (secondary N) is 1. The van der Waals surface area contributed by atoms with Crippen LogP contribution < -0.4 is 5.73 Å². The Morgan fingerprint density at radius 3 is 2.68 bits per heavy atom. The summed E-state index contributed by atoms with van der Waals surface area (Å²) in [5, 5.41) is 0.676. The molecule has 4 nitrogen and oxygen atoms in total. The first-order valence-corrected chi connectivity index (χ1v) is 6.72. The number of ether oxygens (including phenoxy) is 1. The van der Waals surface area contributed by atoms with Gasteiger partial charge in [0.15, 0.2) is 0 Å². The van der Waals surface area contributed by atoms with Crippen molar-refractivity contribution in [2.24, 2.45) is 5.73 Å². The number of halogens is 1. The summed E-state index contributed by atoms with van der Waals surface area (Å²) < 4.78 is 5.86. The van der Waals surface area contributed by atoms with Gasteiger partial charge in [-0.3, -0.25) is 0 Å². The molecule has 0 aliphatic rings. The molecule has 0 radical (unpaired) electrons. The zero-order valence-electron chi connectivity index (χ0n) is 11.7. The Balaban J connectivity index is 2.23. The van der Waals surface area contributed by atoms with Gasteiger partial charge in [-0.05, 0) is 45.9 Å². The standard InChI is InChI=1S/C14H20ClN3O/c1-8(19-14(2,3)4)12(16)13-17-10-6-5-9(15)7-11(10)18-13/h5-8,12H,16H2,1-4H3,(H,17,18)/t8-,12-/m0/s1. The monoisotopic (exact) mass is 281 g/mol. The van der Waals surface area contributed by atoms with Crippen molar-refractivity contribution in [1.29, 1.82) is 0 Å². The third kappa shape index (κ3) is 3.47. The molecule has 0 aliphatic heterocycles. The summed E-state index contributed by atoms with van der Waals surface area (Å²) in [5.74, 6) is 0.717. The van der Waals surface area contributed by atoms with Crippen molar-refractivity contribution in [3.05, 3.63) is 29.0 Å². The summed E-state index contributed by atoms with van der Waals surface area (Å²) in [6.07, 6.45) is -0.129. The van der Waals surface area contributed by atoms with Gasteiger partial charge >= 0.3 is 0 Å². The summed E-state index contributed by atoms with van der Waals surface area (Å²) in [6.45, 7) is 7.98. The second-order valence-electron chi connectivity index (χ2n) is 5.74. The Bertz CT molecular complexity index is 574. The smallest absolute Gasteiger partial charge is 0.126 e.